The van der Waals surface area contributed by atoms with Gasteiger partial charge in [-0.3, -0.25) is 9.59 Å². The van der Waals surface area contributed by atoms with E-state index in [1.54, 1.807) is 24.3 Å². The van der Waals surface area contributed by atoms with Crippen LogP contribution >= 0.6 is 0 Å². The van der Waals surface area contributed by atoms with E-state index in [2.05, 4.69) is 16.0 Å². The molecule has 1 aliphatic heterocycles. The Hall–Kier alpha value is -2.61. The summed E-state index contributed by atoms with van der Waals surface area (Å²) in [4.78, 5) is 35.0. The molecule has 2 fully saturated rings. The molecule has 1 aromatic carbocycles. The van der Waals surface area contributed by atoms with Crippen molar-refractivity contribution < 1.29 is 24.2 Å². The molecule has 3 amide bonds. The highest BCUT2D eigenvalue weighted by Crippen LogP contribution is 2.46. The van der Waals surface area contributed by atoms with Gasteiger partial charge in [-0.2, -0.15) is 0 Å². The molecule has 8 nitrogen and oxygen atoms in total. The maximum absolute atomic E-state index is 12.0. The minimum absolute atomic E-state index is 0.0762. The van der Waals surface area contributed by atoms with Crippen molar-refractivity contribution in [1.29, 1.82) is 0 Å². The van der Waals surface area contributed by atoms with E-state index in [9.17, 15) is 14.4 Å². The number of nitrogens with one attached hydrogen (secondary N) is 3. The summed E-state index contributed by atoms with van der Waals surface area (Å²) in [6.07, 6.45) is 2.76. The van der Waals surface area contributed by atoms with E-state index >= 15 is 0 Å². The molecule has 134 valence electrons. The van der Waals surface area contributed by atoms with E-state index in [-0.39, 0.29) is 12.1 Å². The summed E-state index contributed by atoms with van der Waals surface area (Å²) in [5.74, 6) is -1.60. The van der Waals surface area contributed by atoms with Gasteiger partial charge in [0.2, 0.25) is 5.91 Å². The Kier molecular flexibility index (Phi) is 4.89. The fourth-order valence-corrected chi connectivity index (χ4v) is 2.74. The quantitative estimate of drug-likeness (QED) is 0.585. The van der Waals surface area contributed by atoms with Gasteiger partial charge in [0.15, 0.2) is 0 Å². The molecule has 1 heterocycles. The Balaban J connectivity index is 1.47. The molecular weight excluding hydrogens is 326 g/mol. The first-order valence-corrected chi connectivity index (χ1v) is 8.31. The number of amides is 3. The first kappa shape index (κ1) is 17.2. The zero-order chi connectivity index (χ0) is 17.9. The van der Waals surface area contributed by atoms with Crippen LogP contribution in [0, 0.1) is 5.41 Å². The monoisotopic (exact) mass is 347 g/mol. The van der Waals surface area contributed by atoms with Gasteiger partial charge in [-0.15, -0.1) is 0 Å². The van der Waals surface area contributed by atoms with Crippen LogP contribution in [-0.4, -0.2) is 42.3 Å². The molecule has 3 rings (SSSR count). The van der Waals surface area contributed by atoms with Gasteiger partial charge in [0.25, 0.3) is 0 Å². The molecule has 1 unspecified atom stereocenters. The second-order valence-electron chi connectivity index (χ2n) is 6.39. The van der Waals surface area contributed by atoms with E-state index < -0.39 is 17.3 Å². The van der Waals surface area contributed by atoms with Crippen LogP contribution in [0.15, 0.2) is 24.3 Å². The van der Waals surface area contributed by atoms with Crippen molar-refractivity contribution in [1.82, 2.24) is 5.32 Å². The molecule has 1 saturated heterocycles. The first-order chi connectivity index (χ1) is 12.0. The van der Waals surface area contributed by atoms with Crippen LogP contribution in [0.1, 0.15) is 25.7 Å². The van der Waals surface area contributed by atoms with Crippen molar-refractivity contribution in [3.8, 4) is 0 Å². The Labute approximate surface area is 144 Å². The fourth-order valence-electron chi connectivity index (χ4n) is 2.74. The zero-order valence-corrected chi connectivity index (χ0v) is 13.7. The predicted molar refractivity (Wildman–Crippen MR) is 90.4 cm³/mol. The van der Waals surface area contributed by atoms with Crippen LogP contribution in [0.3, 0.4) is 0 Å². The zero-order valence-electron chi connectivity index (χ0n) is 13.7. The van der Waals surface area contributed by atoms with Gasteiger partial charge in [0, 0.05) is 24.5 Å². The molecule has 1 aromatic rings. The van der Waals surface area contributed by atoms with Crippen molar-refractivity contribution in [2.75, 3.05) is 23.8 Å². The Bertz CT molecular complexity index is 663. The molecule has 1 aliphatic carbocycles. The number of carbonyl (C=O) groups is 3. The summed E-state index contributed by atoms with van der Waals surface area (Å²) >= 11 is 0. The largest absolute Gasteiger partial charge is 0.480 e. The topological polar surface area (TPSA) is 117 Å². The summed E-state index contributed by atoms with van der Waals surface area (Å²) in [7, 11) is 0. The minimum Gasteiger partial charge on any atom is -0.480 e. The van der Waals surface area contributed by atoms with Crippen molar-refractivity contribution >= 4 is 29.3 Å². The SMILES string of the molecule is O=C(NCC1CCCO1)Nc1ccc(NC(=O)C2(C(=O)O)CC2)cc1. The Morgan fingerprint density at radius 2 is 1.76 bits per heavy atom. The van der Waals surface area contributed by atoms with E-state index in [1.165, 1.54) is 0 Å². The van der Waals surface area contributed by atoms with Crippen LogP contribution in [0.4, 0.5) is 16.2 Å². The van der Waals surface area contributed by atoms with Gasteiger partial charge in [-0.05, 0) is 49.9 Å². The van der Waals surface area contributed by atoms with Crippen molar-refractivity contribution in [2.45, 2.75) is 31.8 Å². The van der Waals surface area contributed by atoms with Crippen molar-refractivity contribution in [2.24, 2.45) is 5.41 Å². The third kappa shape index (κ3) is 4.08. The molecular formula is C17H21N3O5. The number of carboxylic acid groups (broad SMARTS) is 1. The molecule has 0 aromatic heterocycles. The lowest BCUT2D eigenvalue weighted by molar-refractivity contribution is -0.147. The molecule has 25 heavy (non-hydrogen) atoms. The van der Waals surface area contributed by atoms with Crippen LogP contribution in [0.5, 0.6) is 0 Å². The lowest BCUT2D eigenvalue weighted by Crippen LogP contribution is -2.35. The number of benzene rings is 1. The summed E-state index contributed by atoms with van der Waals surface area (Å²) < 4.78 is 5.43. The molecule has 0 bridgehead atoms. The maximum Gasteiger partial charge on any atom is 0.319 e. The number of anilines is 2. The highest BCUT2D eigenvalue weighted by Gasteiger charge is 2.57. The average Bonchev–Trinajstić information content (AvgIpc) is 3.25. The highest BCUT2D eigenvalue weighted by atomic mass is 16.5. The van der Waals surface area contributed by atoms with Gasteiger partial charge >= 0.3 is 12.0 Å². The Morgan fingerprint density at radius 1 is 1.12 bits per heavy atom. The molecule has 2 aliphatic rings. The van der Waals surface area contributed by atoms with Crippen LogP contribution in [-0.2, 0) is 14.3 Å². The second-order valence-corrected chi connectivity index (χ2v) is 6.39. The minimum atomic E-state index is -1.28. The third-order valence-corrected chi connectivity index (χ3v) is 4.51. The summed E-state index contributed by atoms with van der Waals surface area (Å²) in [5.41, 5.74) is -0.218. The molecule has 1 saturated carbocycles. The molecule has 8 heteroatoms. The van der Waals surface area contributed by atoms with Crippen LogP contribution < -0.4 is 16.0 Å². The van der Waals surface area contributed by atoms with Crippen molar-refractivity contribution in [3.63, 3.8) is 0 Å². The number of hydrogen-bond acceptors (Lipinski definition) is 4. The van der Waals surface area contributed by atoms with Gasteiger partial charge in [-0.25, -0.2) is 4.79 Å². The van der Waals surface area contributed by atoms with E-state index in [0.717, 1.165) is 19.4 Å². The Morgan fingerprint density at radius 3 is 2.28 bits per heavy atom. The van der Waals surface area contributed by atoms with Gasteiger partial charge in [0.05, 0.1) is 6.10 Å². The molecule has 4 N–H and O–H groups in total. The van der Waals surface area contributed by atoms with Gasteiger partial charge in [0.1, 0.15) is 5.41 Å². The second kappa shape index (κ2) is 7.10. The number of hydrogen-bond donors (Lipinski definition) is 4. The number of ether oxygens (including phenoxy) is 1. The van der Waals surface area contributed by atoms with Crippen LogP contribution in [0.2, 0.25) is 0 Å². The molecule has 1 atom stereocenters. The molecule has 0 spiro atoms. The number of rotatable bonds is 6. The van der Waals surface area contributed by atoms with Gasteiger partial charge in [-0.1, -0.05) is 0 Å². The predicted octanol–water partition coefficient (Wildman–Crippen LogP) is 1.79. The van der Waals surface area contributed by atoms with E-state index in [0.29, 0.717) is 30.8 Å². The summed E-state index contributed by atoms with van der Waals surface area (Å²) in [6.45, 7) is 1.21. The van der Waals surface area contributed by atoms with E-state index in [4.69, 9.17) is 9.84 Å². The van der Waals surface area contributed by atoms with Crippen molar-refractivity contribution in [3.05, 3.63) is 24.3 Å². The fraction of sp³-hybridized carbons (Fsp3) is 0.471. The van der Waals surface area contributed by atoms with Crippen LogP contribution in [0.25, 0.3) is 0 Å². The van der Waals surface area contributed by atoms with E-state index in [1.807, 2.05) is 0 Å². The maximum atomic E-state index is 12.0. The normalized spacial score (nSPS) is 20.6. The number of aliphatic carboxylic acids is 1. The number of urea groups is 1. The average molecular weight is 347 g/mol. The summed E-state index contributed by atoms with van der Waals surface area (Å²) in [5, 5.41) is 17.1. The van der Waals surface area contributed by atoms with Gasteiger partial charge < -0.3 is 25.8 Å². The smallest absolute Gasteiger partial charge is 0.319 e. The standard InChI is InChI=1S/C17H21N3O5/c21-14(17(7-8-17)15(22)23)19-11-3-5-12(6-4-11)20-16(24)18-10-13-2-1-9-25-13/h3-6,13H,1-2,7-10H2,(H,19,21)(H,22,23)(H2,18,20,24). The lowest BCUT2D eigenvalue weighted by atomic mass is 10.1. The highest BCUT2D eigenvalue weighted by molar-refractivity contribution is 6.10. The lowest BCUT2D eigenvalue weighted by Gasteiger charge is -2.13. The molecule has 0 radical (unpaired) electrons. The number of carbonyl (C=O) groups excluding carboxylic acids is 2. The number of carboxylic acids is 1. The third-order valence-electron chi connectivity index (χ3n) is 4.51. The first-order valence-electron chi connectivity index (χ1n) is 8.31. The summed E-state index contributed by atoms with van der Waals surface area (Å²) in [6, 6.07) is 6.19.